The fraction of sp³-hybridized carbons (Fsp3) is 0.265. The minimum atomic E-state index is -0.771. The Morgan fingerprint density at radius 3 is 2.60 bits per heavy atom. The molecule has 0 radical (unpaired) electrons. The van der Waals surface area contributed by atoms with Gasteiger partial charge in [-0.15, -0.1) is 0 Å². The molecule has 0 bridgehead atoms. The Morgan fingerprint density at radius 2 is 1.88 bits per heavy atom. The summed E-state index contributed by atoms with van der Waals surface area (Å²) in [7, 11) is 1.65. The molecule has 0 saturated carbocycles. The van der Waals surface area contributed by atoms with Gasteiger partial charge in [-0.3, -0.25) is 9.36 Å². The van der Waals surface area contributed by atoms with Crippen molar-refractivity contribution in [3.63, 3.8) is 0 Å². The lowest BCUT2D eigenvalue weighted by atomic mass is 9.87. The lowest BCUT2D eigenvalue weighted by molar-refractivity contribution is -0.138. The predicted molar refractivity (Wildman–Crippen MR) is 165 cm³/mol. The largest absolute Gasteiger partial charge is 0.496 e. The van der Waals surface area contributed by atoms with Crippen LogP contribution in [0.5, 0.6) is 17.2 Å². The van der Waals surface area contributed by atoms with Crippen LogP contribution in [0.3, 0.4) is 0 Å². The Hall–Kier alpha value is -4.63. The highest BCUT2D eigenvalue weighted by Gasteiger charge is 2.36. The van der Waals surface area contributed by atoms with Gasteiger partial charge >= 0.3 is 5.97 Å². The van der Waals surface area contributed by atoms with Crippen LogP contribution in [0.15, 0.2) is 76.0 Å². The quantitative estimate of drug-likeness (QED) is 0.276. The first-order valence-corrected chi connectivity index (χ1v) is 15.0. The zero-order valence-corrected chi connectivity index (χ0v) is 25.5. The van der Waals surface area contributed by atoms with Gasteiger partial charge in [0.05, 0.1) is 35.6 Å². The van der Waals surface area contributed by atoms with E-state index < -0.39 is 12.0 Å². The van der Waals surface area contributed by atoms with Gasteiger partial charge in [0.15, 0.2) is 16.3 Å². The van der Waals surface area contributed by atoms with Gasteiger partial charge in [0.1, 0.15) is 5.75 Å². The van der Waals surface area contributed by atoms with Crippen LogP contribution in [0.4, 0.5) is 0 Å². The summed E-state index contributed by atoms with van der Waals surface area (Å²) in [6.45, 7) is 8.27. The van der Waals surface area contributed by atoms with Gasteiger partial charge in [0, 0.05) is 5.56 Å². The van der Waals surface area contributed by atoms with E-state index in [1.54, 1.807) is 18.6 Å². The van der Waals surface area contributed by atoms with E-state index in [2.05, 4.69) is 13.8 Å². The maximum Gasteiger partial charge on any atom is 0.338 e. The van der Waals surface area contributed by atoms with E-state index in [4.69, 9.17) is 23.9 Å². The number of carbonyl (C=O) groups excluding carboxylic acids is 1. The van der Waals surface area contributed by atoms with Crippen molar-refractivity contribution in [3.05, 3.63) is 114 Å². The van der Waals surface area contributed by atoms with Crippen LogP contribution in [0, 0.1) is 6.92 Å². The van der Waals surface area contributed by atoms with E-state index in [1.165, 1.54) is 11.3 Å². The lowest BCUT2D eigenvalue weighted by Crippen LogP contribution is -2.40. The maximum atomic E-state index is 14.3. The Balaban J connectivity index is 1.66. The molecule has 0 aliphatic carbocycles. The van der Waals surface area contributed by atoms with E-state index in [0.717, 1.165) is 33.6 Å². The highest BCUT2D eigenvalue weighted by molar-refractivity contribution is 7.07. The summed E-state index contributed by atoms with van der Waals surface area (Å²) in [4.78, 5) is 33.6. The van der Waals surface area contributed by atoms with Crippen molar-refractivity contribution >= 4 is 29.1 Å². The minimum absolute atomic E-state index is 0.139. The average molecular weight is 597 g/mol. The second kappa shape index (κ2) is 11.6. The van der Waals surface area contributed by atoms with Crippen LogP contribution in [0.25, 0.3) is 11.8 Å². The number of rotatable bonds is 7. The Labute approximate surface area is 253 Å². The van der Waals surface area contributed by atoms with Gasteiger partial charge < -0.3 is 18.9 Å². The van der Waals surface area contributed by atoms with Crippen LogP contribution < -0.4 is 29.1 Å². The second-order valence-corrected chi connectivity index (χ2v) is 11.7. The molecule has 4 aromatic rings. The number of thiazole rings is 1. The molecule has 3 aromatic carbocycles. The van der Waals surface area contributed by atoms with Crippen molar-refractivity contribution in [1.82, 2.24) is 4.57 Å². The topological polar surface area (TPSA) is 88.4 Å². The molecule has 2 aliphatic rings. The smallest absolute Gasteiger partial charge is 0.338 e. The van der Waals surface area contributed by atoms with Crippen LogP contribution in [0.2, 0.25) is 0 Å². The molecule has 0 fully saturated rings. The van der Waals surface area contributed by atoms with E-state index in [9.17, 15) is 9.59 Å². The Bertz CT molecular complexity index is 1940. The maximum absolute atomic E-state index is 14.3. The molecular formula is C34H32N2O6S. The number of nitrogens with zero attached hydrogens (tertiary/aromatic N) is 2. The molecule has 0 saturated heterocycles. The number of hydrogen-bond donors (Lipinski definition) is 0. The van der Waals surface area contributed by atoms with E-state index in [0.29, 0.717) is 32.1 Å². The first-order valence-electron chi connectivity index (χ1n) is 14.2. The number of benzene rings is 3. The zero-order valence-electron chi connectivity index (χ0n) is 24.7. The molecule has 1 atom stereocenters. The lowest BCUT2D eigenvalue weighted by Gasteiger charge is -2.28. The zero-order chi connectivity index (χ0) is 30.2. The average Bonchev–Trinajstić information content (AvgIpc) is 3.60. The number of carbonyl (C=O) groups is 1. The first kappa shape index (κ1) is 28.5. The summed E-state index contributed by atoms with van der Waals surface area (Å²) >= 11 is 1.28. The minimum Gasteiger partial charge on any atom is -0.496 e. The number of aromatic nitrogens is 1. The molecule has 0 spiro atoms. The summed E-state index contributed by atoms with van der Waals surface area (Å²) in [5, 5.41) is 0. The third kappa shape index (κ3) is 5.14. The molecule has 1 aromatic heterocycles. The highest BCUT2D eigenvalue weighted by atomic mass is 32.1. The van der Waals surface area contributed by atoms with Gasteiger partial charge in [-0.25, -0.2) is 9.79 Å². The number of ether oxygens (including phenoxy) is 4. The van der Waals surface area contributed by atoms with Crippen molar-refractivity contribution in [1.29, 1.82) is 0 Å². The molecule has 3 heterocycles. The molecule has 0 N–H and O–H groups in total. The van der Waals surface area contributed by atoms with Gasteiger partial charge in [-0.1, -0.05) is 61.6 Å². The van der Waals surface area contributed by atoms with Gasteiger partial charge in [0.25, 0.3) is 5.56 Å². The fourth-order valence-electron chi connectivity index (χ4n) is 5.53. The molecule has 6 rings (SSSR count). The Morgan fingerprint density at radius 1 is 1.12 bits per heavy atom. The van der Waals surface area contributed by atoms with Gasteiger partial charge in [0.2, 0.25) is 6.79 Å². The SMILES string of the molecule is CCOC(=O)C1=C(c2ccccc2)N=c2sc(=Cc3ccc4c(c3)OCO4)c(=O)n2C1c1cc(C(C)C)c(OC)cc1C. The standard InChI is InChI=1S/C34H32N2O6S/c1-6-40-33(38)29-30(22-10-8-7-9-11-22)35-34-36(31(29)24-17-23(19(2)3)26(39-5)14-20(24)4)32(37)28(43-34)16-21-12-13-25-27(15-21)42-18-41-25/h7-17,19,31H,6,18H2,1-5H3. The van der Waals surface area contributed by atoms with Crippen molar-refractivity contribution in [2.45, 2.75) is 39.7 Å². The number of hydrogen-bond acceptors (Lipinski definition) is 8. The van der Waals surface area contributed by atoms with Crippen LogP contribution in [-0.4, -0.2) is 31.0 Å². The van der Waals surface area contributed by atoms with Crippen molar-refractivity contribution < 1.29 is 23.7 Å². The van der Waals surface area contributed by atoms with Gasteiger partial charge in [-0.2, -0.15) is 0 Å². The molecule has 43 heavy (non-hydrogen) atoms. The second-order valence-electron chi connectivity index (χ2n) is 10.6. The van der Waals surface area contributed by atoms with Crippen LogP contribution in [0.1, 0.15) is 60.5 Å². The van der Waals surface area contributed by atoms with Crippen LogP contribution in [-0.2, 0) is 9.53 Å². The molecule has 9 heteroatoms. The number of fused-ring (bicyclic) bond motifs is 2. The number of methoxy groups -OCH3 is 1. The molecule has 1 unspecified atom stereocenters. The first-order chi connectivity index (χ1) is 20.8. The van der Waals surface area contributed by atoms with Gasteiger partial charge in [-0.05, 0) is 72.4 Å². The normalized spacial score (nSPS) is 15.9. The molecule has 220 valence electrons. The van der Waals surface area contributed by atoms with Crippen molar-refractivity contribution in [2.24, 2.45) is 4.99 Å². The third-order valence-corrected chi connectivity index (χ3v) is 8.59. The molecule has 8 nitrogen and oxygen atoms in total. The van der Waals surface area contributed by atoms with E-state index in [1.807, 2.05) is 73.7 Å². The Kier molecular flexibility index (Phi) is 7.66. The summed E-state index contributed by atoms with van der Waals surface area (Å²) in [6.07, 6.45) is 1.82. The number of esters is 1. The summed E-state index contributed by atoms with van der Waals surface area (Å²) in [5.41, 5.74) is 4.79. The summed E-state index contributed by atoms with van der Waals surface area (Å²) < 4.78 is 24.4. The molecular weight excluding hydrogens is 564 g/mol. The summed E-state index contributed by atoms with van der Waals surface area (Å²) in [5.74, 6) is 1.68. The van der Waals surface area contributed by atoms with Crippen molar-refractivity contribution in [3.8, 4) is 17.2 Å². The summed E-state index contributed by atoms with van der Waals surface area (Å²) in [6, 6.07) is 18.3. The van der Waals surface area contributed by atoms with E-state index in [-0.39, 0.29) is 24.9 Å². The molecule has 0 amide bonds. The number of aryl methyl sites for hydroxylation is 1. The monoisotopic (exact) mass is 596 g/mol. The molecule has 2 aliphatic heterocycles. The predicted octanol–water partition coefficient (Wildman–Crippen LogP) is 5.10. The van der Waals surface area contributed by atoms with Crippen molar-refractivity contribution in [2.75, 3.05) is 20.5 Å². The van der Waals surface area contributed by atoms with Crippen LogP contribution >= 0.6 is 11.3 Å². The fourth-order valence-corrected chi connectivity index (χ4v) is 6.53. The highest BCUT2D eigenvalue weighted by Crippen LogP contribution is 2.40. The third-order valence-electron chi connectivity index (χ3n) is 7.60. The van der Waals surface area contributed by atoms with E-state index >= 15 is 0 Å².